The summed E-state index contributed by atoms with van der Waals surface area (Å²) in [6, 6.07) is 13.7. The van der Waals surface area contributed by atoms with E-state index in [9.17, 15) is 8.42 Å². The minimum absolute atomic E-state index is 0.0787. The van der Waals surface area contributed by atoms with Crippen molar-refractivity contribution in [2.45, 2.75) is 16.8 Å². The maximum atomic E-state index is 13.3. The summed E-state index contributed by atoms with van der Waals surface area (Å²) < 4.78 is 38.0. The van der Waals surface area contributed by atoms with Gasteiger partial charge in [0.05, 0.1) is 18.1 Å². The molecule has 2 heterocycles. The van der Waals surface area contributed by atoms with Crippen molar-refractivity contribution in [1.82, 2.24) is 4.98 Å². The summed E-state index contributed by atoms with van der Waals surface area (Å²) in [7, 11) is -3.85. The van der Waals surface area contributed by atoms with Gasteiger partial charge in [0.2, 0.25) is 26.6 Å². The fourth-order valence-corrected chi connectivity index (χ4v) is 4.60. The highest BCUT2D eigenvalue weighted by molar-refractivity contribution is 7.91. The largest absolute Gasteiger partial charge is 0.419 e. The molecule has 3 aromatic rings. The molecule has 1 aliphatic heterocycles. The Labute approximate surface area is 168 Å². The number of ether oxygens (including phenoxy) is 1. The fraction of sp³-hybridized carbons (Fsp3) is 0.250. The zero-order valence-corrected chi connectivity index (χ0v) is 16.8. The maximum absolute atomic E-state index is 13.3. The van der Waals surface area contributed by atoms with E-state index in [1.165, 1.54) is 0 Å². The molecule has 0 radical (unpaired) electrons. The first kappa shape index (κ1) is 19.0. The Morgan fingerprint density at radius 2 is 1.79 bits per heavy atom. The molecule has 146 valence electrons. The van der Waals surface area contributed by atoms with Gasteiger partial charge in [-0.05, 0) is 48.9 Å². The molecule has 1 saturated heterocycles. The standard InChI is InChI=1S/C20H19ClN2O4S/c1-14-3-2-4-17(13-14)28(24,25)19-20(23-9-11-26-12-10-23)27-18(22-19)15-5-7-16(21)8-6-15/h2-8,13H,9-12H2,1H3. The van der Waals surface area contributed by atoms with E-state index in [0.717, 1.165) is 5.56 Å². The summed E-state index contributed by atoms with van der Waals surface area (Å²) in [4.78, 5) is 6.44. The third-order valence-corrected chi connectivity index (χ3v) is 6.42. The van der Waals surface area contributed by atoms with Crippen LogP contribution in [-0.4, -0.2) is 39.7 Å². The quantitative estimate of drug-likeness (QED) is 0.638. The molecule has 0 unspecified atom stereocenters. The summed E-state index contributed by atoms with van der Waals surface area (Å²) in [5.74, 6) is 0.485. The summed E-state index contributed by atoms with van der Waals surface area (Å²) in [6.07, 6.45) is 0. The van der Waals surface area contributed by atoms with Gasteiger partial charge in [-0.1, -0.05) is 23.7 Å². The zero-order chi connectivity index (χ0) is 19.7. The Morgan fingerprint density at radius 1 is 1.07 bits per heavy atom. The van der Waals surface area contributed by atoms with Crippen LogP contribution in [0, 0.1) is 6.92 Å². The van der Waals surface area contributed by atoms with Crippen LogP contribution in [0.15, 0.2) is 62.9 Å². The number of nitrogens with zero attached hydrogens (tertiary/aromatic N) is 2. The van der Waals surface area contributed by atoms with E-state index in [1.807, 2.05) is 17.9 Å². The minimum Gasteiger partial charge on any atom is -0.419 e. The van der Waals surface area contributed by atoms with E-state index >= 15 is 0 Å². The van der Waals surface area contributed by atoms with Crippen LogP contribution in [-0.2, 0) is 14.6 Å². The zero-order valence-electron chi connectivity index (χ0n) is 15.3. The first-order chi connectivity index (χ1) is 13.4. The van der Waals surface area contributed by atoms with Crippen LogP contribution in [0.3, 0.4) is 0 Å². The molecule has 4 rings (SSSR count). The highest BCUT2D eigenvalue weighted by Gasteiger charge is 2.32. The highest BCUT2D eigenvalue weighted by Crippen LogP contribution is 2.35. The van der Waals surface area contributed by atoms with E-state index in [2.05, 4.69) is 4.98 Å². The average molecular weight is 419 g/mol. The van der Waals surface area contributed by atoms with Crippen molar-refractivity contribution in [3.05, 3.63) is 59.1 Å². The molecule has 0 atom stereocenters. The molecule has 0 saturated carbocycles. The molecule has 0 aliphatic carbocycles. The van der Waals surface area contributed by atoms with Gasteiger partial charge in [-0.15, -0.1) is 0 Å². The number of hydrogen-bond donors (Lipinski definition) is 0. The van der Waals surface area contributed by atoms with E-state index in [0.29, 0.717) is 36.9 Å². The van der Waals surface area contributed by atoms with Crippen LogP contribution < -0.4 is 4.90 Å². The average Bonchev–Trinajstić information content (AvgIpc) is 3.15. The van der Waals surface area contributed by atoms with Crippen molar-refractivity contribution in [3.63, 3.8) is 0 Å². The smallest absolute Gasteiger partial charge is 0.236 e. The van der Waals surface area contributed by atoms with Crippen molar-refractivity contribution >= 4 is 27.3 Å². The summed E-state index contributed by atoms with van der Waals surface area (Å²) >= 11 is 5.96. The molecule has 0 spiro atoms. The van der Waals surface area contributed by atoms with E-state index < -0.39 is 9.84 Å². The van der Waals surface area contributed by atoms with Crippen LogP contribution in [0.25, 0.3) is 11.5 Å². The predicted molar refractivity (Wildman–Crippen MR) is 107 cm³/mol. The van der Waals surface area contributed by atoms with Gasteiger partial charge in [-0.3, -0.25) is 0 Å². The van der Waals surface area contributed by atoms with E-state index in [4.69, 9.17) is 20.8 Å². The Kier molecular flexibility index (Phi) is 5.14. The molecular formula is C20H19ClN2O4S. The lowest BCUT2D eigenvalue weighted by Crippen LogP contribution is -2.36. The second-order valence-electron chi connectivity index (χ2n) is 6.56. The molecule has 28 heavy (non-hydrogen) atoms. The Bertz CT molecular complexity index is 1090. The second kappa shape index (κ2) is 7.58. The number of aryl methyl sites for hydroxylation is 1. The van der Waals surface area contributed by atoms with Gasteiger partial charge < -0.3 is 14.1 Å². The Hall–Kier alpha value is -2.35. The van der Waals surface area contributed by atoms with Crippen LogP contribution >= 0.6 is 11.6 Å². The van der Waals surface area contributed by atoms with E-state index in [1.54, 1.807) is 42.5 Å². The molecule has 6 nitrogen and oxygen atoms in total. The van der Waals surface area contributed by atoms with Gasteiger partial charge in [0.1, 0.15) is 0 Å². The van der Waals surface area contributed by atoms with Crippen LogP contribution in [0.1, 0.15) is 5.56 Å². The molecular weight excluding hydrogens is 400 g/mol. The van der Waals surface area contributed by atoms with Gasteiger partial charge in [0, 0.05) is 23.7 Å². The van der Waals surface area contributed by atoms with Gasteiger partial charge >= 0.3 is 0 Å². The third-order valence-electron chi connectivity index (χ3n) is 4.52. The molecule has 0 bridgehead atoms. The number of anilines is 1. The summed E-state index contributed by atoms with van der Waals surface area (Å²) in [6.45, 7) is 3.92. The Morgan fingerprint density at radius 3 is 2.46 bits per heavy atom. The van der Waals surface area contributed by atoms with Gasteiger partial charge in [0.25, 0.3) is 0 Å². The molecule has 2 aromatic carbocycles. The van der Waals surface area contributed by atoms with Gasteiger partial charge in [0.15, 0.2) is 0 Å². The Balaban J connectivity index is 1.85. The fourth-order valence-electron chi connectivity index (χ4n) is 3.05. The molecule has 8 heteroatoms. The number of halogens is 1. The van der Waals surface area contributed by atoms with Crippen molar-refractivity contribution in [3.8, 4) is 11.5 Å². The molecule has 1 aliphatic rings. The SMILES string of the molecule is Cc1cccc(S(=O)(=O)c2nc(-c3ccc(Cl)cc3)oc2N2CCOCC2)c1. The van der Waals surface area contributed by atoms with Crippen molar-refractivity contribution in [2.75, 3.05) is 31.2 Å². The molecule has 1 fully saturated rings. The molecule has 0 amide bonds. The summed E-state index contributed by atoms with van der Waals surface area (Å²) in [5, 5.41) is 0.501. The number of benzene rings is 2. The molecule has 1 aromatic heterocycles. The number of rotatable bonds is 4. The van der Waals surface area contributed by atoms with Crippen LogP contribution in [0.2, 0.25) is 5.02 Å². The first-order valence-electron chi connectivity index (χ1n) is 8.86. The van der Waals surface area contributed by atoms with Gasteiger partial charge in [-0.25, -0.2) is 8.42 Å². The first-order valence-corrected chi connectivity index (χ1v) is 10.7. The number of oxazole rings is 1. The van der Waals surface area contributed by atoms with E-state index in [-0.39, 0.29) is 21.7 Å². The minimum atomic E-state index is -3.85. The molecule has 0 N–H and O–H groups in total. The van der Waals surface area contributed by atoms with Gasteiger partial charge in [-0.2, -0.15) is 4.98 Å². The predicted octanol–water partition coefficient (Wildman–Crippen LogP) is 3.97. The van der Waals surface area contributed by atoms with Crippen LogP contribution in [0.5, 0.6) is 0 Å². The van der Waals surface area contributed by atoms with Crippen LogP contribution in [0.4, 0.5) is 5.88 Å². The topological polar surface area (TPSA) is 72.6 Å². The number of aromatic nitrogens is 1. The highest BCUT2D eigenvalue weighted by atomic mass is 35.5. The normalized spacial score (nSPS) is 15.0. The second-order valence-corrected chi connectivity index (χ2v) is 8.86. The lowest BCUT2D eigenvalue weighted by molar-refractivity contribution is 0.120. The lowest BCUT2D eigenvalue weighted by atomic mass is 10.2. The number of hydrogen-bond acceptors (Lipinski definition) is 6. The van der Waals surface area contributed by atoms with Crippen molar-refractivity contribution in [1.29, 1.82) is 0 Å². The van der Waals surface area contributed by atoms with Crippen molar-refractivity contribution in [2.24, 2.45) is 0 Å². The summed E-state index contributed by atoms with van der Waals surface area (Å²) in [5.41, 5.74) is 1.51. The number of morpholine rings is 1. The maximum Gasteiger partial charge on any atom is 0.236 e. The monoisotopic (exact) mass is 418 g/mol. The number of sulfone groups is 1. The van der Waals surface area contributed by atoms with Crippen molar-refractivity contribution < 1.29 is 17.6 Å². The third kappa shape index (κ3) is 3.65. The lowest BCUT2D eigenvalue weighted by Gasteiger charge is -2.26.